The molecule has 1 aromatic rings. The van der Waals surface area contributed by atoms with Crippen molar-refractivity contribution in [1.82, 2.24) is 14.9 Å². The molecule has 10 heteroatoms. The molecule has 1 saturated heterocycles. The van der Waals surface area contributed by atoms with Gasteiger partial charge in [0.1, 0.15) is 5.75 Å². The number of hydrogen-bond donors (Lipinski definition) is 2. The van der Waals surface area contributed by atoms with Crippen LogP contribution in [-0.4, -0.2) is 57.4 Å². The molecule has 2 rings (SSSR count). The maximum Gasteiger partial charge on any atom is 0.260 e. The maximum absolute atomic E-state index is 12.4. The van der Waals surface area contributed by atoms with E-state index in [2.05, 4.69) is 16.6 Å². The fourth-order valence-electron chi connectivity index (χ4n) is 3.02. The SMILES string of the molecule is C=CS(=O)(=O)NC1CCN(C(=O)COc2cc(C(=O)NCC)c(C)cc2Cl)CC1. The summed E-state index contributed by atoms with van der Waals surface area (Å²) in [4.78, 5) is 26.2. The number of nitrogens with zero attached hydrogens (tertiary/aromatic N) is 1. The molecule has 8 nitrogen and oxygen atoms in total. The lowest BCUT2D eigenvalue weighted by Gasteiger charge is -2.32. The zero-order chi connectivity index (χ0) is 21.6. The number of carbonyl (C=O) groups excluding carboxylic acids is 2. The predicted octanol–water partition coefficient (Wildman–Crippen LogP) is 1.83. The summed E-state index contributed by atoms with van der Waals surface area (Å²) in [5.74, 6) is -0.200. The molecule has 0 atom stereocenters. The molecular weight excluding hydrogens is 418 g/mol. The third-order valence-corrected chi connectivity index (χ3v) is 6.01. The van der Waals surface area contributed by atoms with Crippen LogP contribution in [0.2, 0.25) is 5.02 Å². The summed E-state index contributed by atoms with van der Waals surface area (Å²) >= 11 is 6.19. The van der Waals surface area contributed by atoms with Crippen LogP contribution >= 0.6 is 11.6 Å². The van der Waals surface area contributed by atoms with Crippen LogP contribution in [0.25, 0.3) is 0 Å². The lowest BCUT2D eigenvalue weighted by atomic mass is 10.1. The number of likely N-dealkylation sites (tertiary alicyclic amines) is 1. The minimum absolute atomic E-state index is 0.222. The second-order valence-corrected chi connectivity index (χ2v) is 8.80. The summed E-state index contributed by atoms with van der Waals surface area (Å²) < 4.78 is 31.2. The van der Waals surface area contributed by atoms with Gasteiger partial charge in [-0.15, -0.1) is 0 Å². The van der Waals surface area contributed by atoms with E-state index >= 15 is 0 Å². The lowest BCUT2D eigenvalue weighted by Crippen LogP contribution is -2.47. The highest BCUT2D eigenvalue weighted by Gasteiger charge is 2.25. The first-order chi connectivity index (χ1) is 13.7. The summed E-state index contributed by atoms with van der Waals surface area (Å²) in [5, 5.41) is 3.92. The number of rotatable bonds is 8. The maximum atomic E-state index is 12.4. The van der Waals surface area contributed by atoms with E-state index in [0.29, 0.717) is 48.6 Å². The monoisotopic (exact) mass is 443 g/mol. The van der Waals surface area contributed by atoms with E-state index in [1.165, 1.54) is 6.07 Å². The van der Waals surface area contributed by atoms with E-state index in [9.17, 15) is 18.0 Å². The zero-order valence-electron chi connectivity index (χ0n) is 16.5. The number of amides is 2. The Balaban J connectivity index is 1.94. The first-order valence-corrected chi connectivity index (χ1v) is 11.2. The Kier molecular flexibility index (Phi) is 8.06. The highest BCUT2D eigenvalue weighted by molar-refractivity contribution is 7.92. The zero-order valence-corrected chi connectivity index (χ0v) is 18.1. The van der Waals surface area contributed by atoms with Gasteiger partial charge >= 0.3 is 0 Å². The van der Waals surface area contributed by atoms with Crippen molar-refractivity contribution in [2.75, 3.05) is 26.2 Å². The molecule has 0 saturated carbocycles. The summed E-state index contributed by atoms with van der Waals surface area (Å²) in [6, 6.07) is 2.93. The molecular formula is C19H26ClN3O5S. The van der Waals surface area contributed by atoms with Gasteiger partial charge in [0.05, 0.1) is 5.02 Å². The molecule has 1 aromatic carbocycles. The molecule has 29 heavy (non-hydrogen) atoms. The number of ether oxygens (including phenoxy) is 1. The molecule has 0 unspecified atom stereocenters. The van der Waals surface area contributed by atoms with Crippen LogP contribution < -0.4 is 14.8 Å². The first-order valence-electron chi connectivity index (χ1n) is 9.30. The van der Waals surface area contributed by atoms with E-state index in [-0.39, 0.29) is 30.2 Å². The van der Waals surface area contributed by atoms with Crippen molar-refractivity contribution < 1.29 is 22.7 Å². The van der Waals surface area contributed by atoms with Crippen molar-refractivity contribution in [3.63, 3.8) is 0 Å². The third kappa shape index (κ3) is 6.45. The fourth-order valence-corrected chi connectivity index (χ4v) is 4.09. The predicted molar refractivity (Wildman–Crippen MR) is 112 cm³/mol. The van der Waals surface area contributed by atoms with Crippen LogP contribution in [0, 0.1) is 6.92 Å². The lowest BCUT2D eigenvalue weighted by molar-refractivity contribution is -0.134. The molecule has 0 aliphatic carbocycles. The van der Waals surface area contributed by atoms with Gasteiger partial charge in [-0.25, -0.2) is 13.1 Å². The van der Waals surface area contributed by atoms with Crippen LogP contribution in [0.1, 0.15) is 35.7 Å². The molecule has 1 aliphatic heterocycles. The minimum atomic E-state index is -3.49. The molecule has 0 spiro atoms. The van der Waals surface area contributed by atoms with Crippen molar-refractivity contribution in [3.05, 3.63) is 40.3 Å². The fraction of sp³-hybridized carbons (Fsp3) is 0.474. The third-order valence-electron chi connectivity index (χ3n) is 4.61. The number of benzene rings is 1. The Morgan fingerprint density at radius 2 is 2.00 bits per heavy atom. The van der Waals surface area contributed by atoms with Crippen molar-refractivity contribution in [2.24, 2.45) is 0 Å². The van der Waals surface area contributed by atoms with Crippen molar-refractivity contribution in [2.45, 2.75) is 32.7 Å². The van der Waals surface area contributed by atoms with Crippen molar-refractivity contribution >= 4 is 33.4 Å². The molecule has 0 aromatic heterocycles. The van der Waals surface area contributed by atoms with Gasteiger partial charge in [0.2, 0.25) is 10.0 Å². The number of hydrogen-bond acceptors (Lipinski definition) is 5. The van der Waals surface area contributed by atoms with Crippen LogP contribution in [0.4, 0.5) is 0 Å². The Labute approximate surface area is 176 Å². The molecule has 1 heterocycles. The van der Waals surface area contributed by atoms with E-state index in [0.717, 1.165) is 5.41 Å². The number of nitrogens with one attached hydrogen (secondary N) is 2. The highest BCUT2D eigenvalue weighted by atomic mass is 35.5. The van der Waals surface area contributed by atoms with Crippen LogP contribution in [0.3, 0.4) is 0 Å². The normalized spacial score (nSPS) is 15.1. The van der Waals surface area contributed by atoms with Gasteiger partial charge in [-0.05, 0) is 44.4 Å². The van der Waals surface area contributed by atoms with E-state index in [1.807, 2.05) is 6.92 Å². The van der Waals surface area contributed by atoms with Gasteiger partial charge in [-0.1, -0.05) is 18.2 Å². The first kappa shape index (κ1) is 23.2. The molecule has 2 N–H and O–H groups in total. The van der Waals surface area contributed by atoms with Gasteiger partial charge in [0, 0.05) is 36.6 Å². The second-order valence-electron chi connectivity index (χ2n) is 6.73. The number of carbonyl (C=O) groups is 2. The second kappa shape index (κ2) is 10.1. The van der Waals surface area contributed by atoms with Crippen molar-refractivity contribution in [3.8, 4) is 5.75 Å². The Morgan fingerprint density at radius 1 is 1.34 bits per heavy atom. The molecule has 2 amide bonds. The van der Waals surface area contributed by atoms with Gasteiger partial charge in [-0.2, -0.15) is 0 Å². The summed E-state index contributed by atoms with van der Waals surface area (Å²) in [5.41, 5.74) is 1.15. The highest BCUT2D eigenvalue weighted by Crippen LogP contribution is 2.28. The summed E-state index contributed by atoms with van der Waals surface area (Å²) in [6.45, 7) is 7.97. The average Bonchev–Trinajstić information content (AvgIpc) is 2.67. The summed E-state index contributed by atoms with van der Waals surface area (Å²) in [7, 11) is -3.49. The van der Waals surface area contributed by atoms with E-state index in [4.69, 9.17) is 16.3 Å². The van der Waals surface area contributed by atoms with Crippen molar-refractivity contribution in [1.29, 1.82) is 0 Å². The number of aryl methyl sites for hydroxylation is 1. The molecule has 160 valence electrons. The van der Waals surface area contributed by atoms with Gasteiger partial charge < -0.3 is 15.0 Å². The Morgan fingerprint density at radius 3 is 2.59 bits per heavy atom. The number of halogens is 1. The average molecular weight is 444 g/mol. The topological polar surface area (TPSA) is 105 Å². The number of sulfonamides is 1. The van der Waals surface area contributed by atoms with Gasteiger partial charge in [0.25, 0.3) is 11.8 Å². The van der Waals surface area contributed by atoms with Crippen LogP contribution in [0.5, 0.6) is 5.75 Å². The Bertz CT molecular complexity index is 880. The Hall–Kier alpha value is -2.10. The van der Waals surface area contributed by atoms with Crippen LogP contribution in [-0.2, 0) is 14.8 Å². The van der Waals surface area contributed by atoms with Gasteiger partial charge in [0.15, 0.2) is 6.61 Å². The summed E-state index contributed by atoms with van der Waals surface area (Å²) in [6.07, 6.45) is 1.01. The minimum Gasteiger partial charge on any atom is -0.482 e. The molecule has 1 aliphatic rings. The van der Waals surface area contributed by atoms with E-state index < -0.39 is 10.0 Å². The van der Waals surface area contributed by atoms with Gasteiger partial charge in [-0.3, -0.25) is 9.59 Å². The smallest absolute Gasteiger partial charge is 0.260 e. The standard InChI is InChI=1S/C19H26ClN3O5S/c1-4-21-19(25)15-11-17(16(20)10-13(15)3)28-12-18(24)23-8-6-14(7-9-23)22-29(26,27)5-2/h5,10-11,14,22H,2,4,6-9,12H2,1,3H3,(H,21,25). The molecule has 0 bridgehead atoms. The molecule has 0 radical (unpaired) electrons. The van der Waals surface area contributed by atoms with Crippen LogP contribution in [0.15, 0.2) is 24.1 Å². The largest absolute Gasteiger partial charge is 0.482 e. The molecule has 1 fully saturated rings. The van der Waals surface area contributed by atoms with E-state index in [1.54, 1.807) is 17.9 Å². The number of piperidine rings is 1. The quantitative estimate of drug-likeness (QED) is 0.637.